The lowest BCUT2D eigenvalue weighted by molar-refractivity contribution is -0.138. The zero-order valence-corrected chi connectivity index (χ0v) is 23.6. The number of carbonyl (C=O) groups excluding carboxylic acids is 1. The number of thiazole rings is 1. The third-order valence-electron chi connectivity index (χ3n) is 6.03. The first-order valence-corrected chi connectivity index (χ1v) is 13.8. The van der Waals surface area contributed by atoms with E-state index in [0.29, 0.717) is 31.4 Å². The second kappa shape index (κ2) is 11.1. The standard InChI is InChI=1S/C29H22BrClN2O4S/c1-3-37-28(35)24-25(18-7-5-4-6-8-18)32-29-33(26(24)19-10-12-20(31)13-11-19)27(34)23(38-29)16-17-9-14-22(36-2)21(30)15-17/h4-16,26H,3H2,1-2H3/b23-16+/t26-/m0/s1. The van der Waals surface area contributed by atoms with Crippen molar-refractivity contribution < 1.29 is 14.3 Å². The number of hydrogen-bond acceptors (Lipinski definition) is 6. The van der Waals surface area contributed by atoms with Crippen molar-refractivity contribution in [3.8, 4) is 5.75 Å². The zero-order valence-electron chi connectivity index (χ0n) is 20.5. The number of fused-ring (bicyclic) bond motifs is 1. The molecule has 0 bridgehead atoms. The van der Waals surface area contributed by atoms with Crippen molar-refractivity contribution in [1.29, 1.82) is 0 Å². The maximum absolute atomic E-state index is 13.9. The van der Waals surface area contributed by atoms with Crippen molar-refractivity contribution >= 4 is 56.6 Å². The molecule has 0 saturated carbocycles. The highest BCUT2D eigenvalue weighted by atomic mass is 79.9. The van der Waals surface area contributed by atoms with Crippen molar-refractivity contribution in [3.63, 3.8) is 0 Å². The van der Waals surface area contributed by atoms with E-state index in [1.165, 1.54) is 11.3 Å². The van der Waals surface area contributed by atoms with E-state index < -0.39 is 12.0 Å². The highest BCUT2D eigenvalue weighted by Gasteiger charge is 2.35. The average molecular weight is 610 g/mol. The van der Waals surface area contributed by atoms with Crippen molar-refractivity contribution in [2.45, 2.75) is 13.0 Å². The molecular weight excluding hydrogens is 588 g/mol. The summed E-state index contributed by atoms with van der Waals surface area (Å²) in [7, 11) is 1.60. The number of methoxy groups -OCH3 is 1. The summed E-state index contributed by atoms with van der Waals surface area (Å²) < 4.78 is 13.6. The first kappa shape index (κ1) is 26.2. The number of aromatic nitrogens is 1. The van der Waals surface area contributed by atoms with Crippen LogP contribution in [0.5, 0.6) is 5.75 Å². The monoisotopic (exact) mass is 608 g/mol. The molecule has 192 valence electrons. The Balaban J connectivity index is 1.80. The van der Waals surface area contributed by atoms with Crippen LogP contribution in [0.15, 0.2) is 92.6 Å². The highest BCUT2D eigenvalue weighted by Crippen LogP contribution is 2.35. The van der Waals surface area contributed by atoms with Crippen LogP contribution in [0.4, 0.5) is 0 Å². The van der Waals surface area contributed by atoms with Gasteiger partial charge in [-0.25, -0.2) is 9.79 Å². The molecular formula is C29H22BrClN2O4S. The average Bonchev–Trinajstić information content (AvgIpc) is 3.23. The van der Waals surface area contributed by atoms with E-state index in [9.17, 15) is 9.59 Å². The van der Waals surface area contributed by atoms with Crippen LogP contribution in [0.3, 0.4) is 0 Å². The summed E-state index contributed by atoms with van der Waals surface area (Å²) >= 11 is 10.9. The number of nitrogens with zero attached hydrogens (tertiary/aromatic N) is 2. The largest absolute Gasteiger partial charge is 0.496 e. The van der Waals surface area contributed by atoms with Crippen molar-refractivity contribution in [1.82, 2.24) is 4.57 Å². The van der Waals surface area contributed by atoms with Crippen LogP contribution in [-0.4, -0.2) is 24.3 Å². The summed E-state index contributed by atoms with van der Waals surface area (Å²) in [6.45, 7) is 1.94. The van der Waals surface area contributed by atoms with Crippen molar-refractivity contribution in [2.24, 2.45) is 4.99 Å². The molecule has 1 aliphatic heterocycles. The van der Waals surface area contributed by atoms with Gasteiger partial charge in [0.1, 0.15) is 5.75 Å². The second-order valence-electron chi connectivity index (χ2n) is 8.38. The maximum atomic E-state index is 13.9. The predicted octanol–water partition coefficient (Wildman–Crippen LogP) is 5.36. The second-order valence-corrected chi connectivity index (χ2v) is 10.7. The van der Waals surface area contributed by atoms with E-state index >= 15 is 0 Å². The molecule has 1 aliphatic rings. The molecule has 4 aromatic rings. The zero-order chi connectivity index (χ0) is 26.8. The van der Waals surface area contributed by atoms with Crippen LogP contribution >= 0.6 is 38.9 Å². The van der Waals surface area contributed by atoms with Crippen LogP contribution in [0.2, 0.25) is 5.02 Å². The summed E-state index contributed by atoms with van der Waals surface area (Å²) in [5.41, 5.74) is 2.82. The first-order valence-electron chi connectivity index (χ1n) is 11.8. The quantitative estimate of drug-likeness (QED) is 0.276. The van der Waals surface area contributed by atoms with Gasteiger partial charge in [0.15, 0.2) is 4.80 Å². The summed E-state index contributed by atoms with van der Waals surface area (Å²) in [5, 5.41) is 0.552. The number of hydrogen-bond donors (Lipinski definition) is 0. The minimum Gasteiger partial charge on any atom is -0.496 e. The van der Waals surface area contributed by atoms with Crippen molar-refractivity contribution in [2.75, 3.05) is 13.7 Å². The Morgan fingerprint density at radius 1 is 1.13 bits per heavy atom. The van der Waals surface area contributed by atoms with Crippen molar-refractivity contribution in [3.05, 3.63) is 124 Å². The van der Waals surface area contributed by atoms with Gasteiger partial charge in [0.25, 0.3) is 5.56 Å². The number of rotatable bonds is 6. The number of carbonyl (C=O) groups is 1. The molecule has 0 aliphatic carbocycles. The molecule has 0 fully saturated rings. The molecule has 2 heterocycles. The molecule has 0 saturated heterocycles. The van der Waals surface area contributed by atoms with Gasteiger partial charge in [0.2, 0.25) is 0 Å². The molecule has 0 spiro atoms. The number of halogens is 2. The summed E-state index contributed by atoms with van der Waals surface area (Å²) in [6, 6.07) is 21.4. The fourth-order valence-corrected chi connectivity index (χ4v) is 6.01. The van der Waals surface area contributed by atoms with Gasteiger partial charge in [-0.15, -0.1) is 0 Å². The fourth-order valence-electron chi connectivity index (χ4n) is 4.32. The van der Waals surface area contributed by atoms with Crippen LogP contribution in [0.1, 0.15) is 29.7 Å². The molecule has 3 aromatic carbocycles. The van der Waals surface area contributed by atoms with Gasteiger partial charge in [0, 0.05) is 10.6 Å². The molecule has 5 rings (SSSR count). The molecule has 1 atom stereocenters. The van der Waals surface area contributed by atoms with E-state index in [4.69, 9.17) is 26.1 Å². The molecule has 0 radical (unpaired) electrons. The summed E-state index contributed by atoms with van der Waals surface area (Å²) in [5.74, 6) is 0.168. The maximum Gasteiger partial charge on any atom is 0.338 e. The Labute approximate surface area is 236 Å². The van der Waals surface area contributed by atoms with Gasteiger partial charge in [-0.1, -0.05) is 71.5 Å². The lowest BCUT2D eigenvalue weighted by Crippen LogP contribution is -2.40. The van der Waals surface area contributed by atoms with Gasteiger partial charge in [-0.05, 0) is 64.3 Å². The molecule has 9 heteroatoms. The van der Waals surface area contributed by atoms with E-state index in [1.807, 2.05) is 66.7 Å². The minimum absolute atomic E-state index is 0.189. The molecule has 0 amide bonds. The van der Waals surface area contributed by atoms with E-state index in [1.54, 1.807) is 30.7 Å². The van der Waals surface area contributed by atoms with Crippen LogP contribution in [0.25, 0.3) is 11.8 Å². The van der Waals surface area contributed by atoms with E-state index in [2.05, 4.69) is 15.9 Å². The highest BCUT2D eigenvalue weighted by molar-refractivity contribution is 9.10. The van der Waals surface area contributed by atoms with E-state index in [0.717, 1.165) is 21.2 Å². The van der Waals surface area contributed by atoms with Crippen LogP contribution < -0.4 is 19.6 Å². The smallest absolute Gasteiger partial charge is 0.338 e. The fraction of sp³-hybridized carbons (Fsp3) is 0.138. The Kier molecular flexibility index (Phi) is 7.65. The van der Waals surface area contributed by atoms with Crippen LogP contribution in [-0.2, 0) is 9.53 Å². The molecule has 0 unspecified atom stereocenters. The molecule has 0 N–H and O–H groups in total. The molecule has 6 nitrogen and oxygen atoms in total. The van der Waals surface area contributed by atoms with E-state index in [-0.39, 0.29) is 12.2 Å². The topological polar surface area (TPSA) is 69.9 Å². The van der Waals surface area contributed by atoms with Gasteiger partial charge < -0.3 is 9.47 Å². The lowest BCUT2D eigenvalue weighted by Gasteiger charge is -2.25. The lowest BCUT2D eigenvalue weighted by atomic mass is 9.93. The van der Waals surface area contributed by atoms with Gasteiger partial charge in [0.05, 0.1) is 40.0 Å². The van der Waals surface area contributed by atoms with Gasteiger partial charge in [-0.2, -0.15) is 0 Å². The summed E-state index contributed by atoms with van der Waals surface area (Å²) in [6.07, 6.45) is 1.81. The Morgan fingerprint density at radius 2 is 1.87 bits per heavy atom. The normalized spacial score (nSPS) is 15.2. The number of benzene rings is 3. The SMILES string of the molecule is CCOC(=O)C1=C(c2ccccc2)N=c2s/c(=C/c3ccc(OC)c(Br)c3)c(=O)n2[C@H]1c1ccc(Cl)cc1. The Hall–Kier alpha value is -3.46. The number of ether oxygens (including phenoxy) is 2. The van der Waals surface area contributed by atoms with Crippen LogP contribution in [0, 0.1) is 0 Å². The predicted molar refractivity (Wildman–Crippen MR) is 153 cm³/mol. The van der Waals surface area contributed by atoms with Gasteiger partial charge >= 0.3 is 5.97 Å². The first-order chi connectivity index (χ1) is 18.4. The minimum atomic E-state index is -0.748. The molecule has 1 aromatic heterocycles. The Morgan fingerprint density at radius 3 is 2.53 bits per heavy atom. The molecule has 38 heavy (non-hydrogen) atoms. The third-order valence-corrected chi connectivity index (χ3v) is 7.89. The Bertz CT molecular complexity index is 1730. The van der Waals surface area contributed by atoms with Gasteiger partial charge in [-0.3, -0.25) is 9.36 Å². The number of esters is 1. The summed E-state index contributed by atoms with van der Waals surface area (Å²) in [4.78, 5) is 32.7. The third kappa shape index (κ3) is 4.99.